The Bertz CT molecular complexity index is 679. The first-order valence-electron chi connectivity index (χ1n) is 5.08. The van der Waals surface area contributed by atoms with E-state index < -0.39 is 0 Å². The highest BCUT2D eigenvalue weighted by molar-refractivity contribution is 7.18. The van der Waals surface area contributed by atoms with Crippen LogP contribution in [0.2, 0.25) is 5.15 Å². The molecular weight excluding hydrogens is 254 g/mol. The topological polar surface area (TPSA) is 38.7 Å². The first-order chi connectivity index (χ1) is 8.25. The van der Waals surface area contributed by atoms with Crippen LogP contribution in [0.1, 0.15) is 5.82 Å². The standard InChI is InChI=1S/C12H8ClN3S/c1-7-15-10-8(9-4-2-3-5-14-9)6-17-11(10)12(13)16-7/h2-6H,1H3. The van der Waals surface area contributed by atoms with Crippen molar-refractivity contribution >= 4 is 33.2 Å². The van der Waals surface area contributed by atoms with Crippen molar-refractivity contribution in [1.29, 1.82) is 0 Å². The van der Waals surface area contributed by atoms with Gasteiger partial charge in [0.05, 0.1) is 15.9 Å². The Labute approximate surface area is 107 Å². The molecule has 0 fully saturated rings. The highest BCUT2D eigenvalue weighted by Crippen LogP contribution is 2.34. The fraction of sp³-hybridized carbons (Fsp3) is 0.0833. The van der Waals surface area contributed by atoms with Crippen LogP contribution in [0.4, 0.5) is 0 Å². The number of aryl methyl sites for hydroxylation is 1. The Hall–Kier alpha value is -1.52. The predicted octanol–water partition coefficient (Wildman–Crippen LogP) is 3.72. The molecule has 3 rings (SSSR count). The van der Waals surface area contributed by atoms with Gasteiger partial charge in [-0.3, -0.25) is 4.98 Å². The van der Waals surface area contributed by atoms with Crippen LogP contribution < -0.4 is 0 Å². The zero-order chi connectivity index (χ0) is 11.8. The van der Waals surface area contributed by atoms with E-state index in [1.165, 1.54) is 0 Å². The van der Waals surface area contributed by atoms with E-state index in [-0.39, 0.29) is 0 Å². The van der Waals surface area contributed by atoms with Gasteiger partial charge in [-0.25, -0.2) is 9.97 Å². The molecule has 0 aliphatic heterocycles. The molecule has 3 aromatic rings. The molecule has 0 aromatic carbocycles. The number of thiophene rings is 1. The second-order valence-electron chi connectivity index (χ2n) is 3.60. The van der Waals surface area contributed by atoms with Gasteiger partial charge in [-0.1, -0.05) is 17.7 Å². The molecule has 84 valence electrons. The van der Waals surface area contributed by atoms with Gasteiger partial charge in [0.25, 0.3) is 0 Å². The molecule has 0 radical (unpaired) electrons. The molecule has 0 saturated heterocycles. The molecule has 0 amide bonds. The summed E-state index contributed by atoms with van der Waals surface area (Å²) < 4.78 is 0.915. The van der Waals surface area contributed by atoms with E-state index in [0.29, 0.717) is 11.0 Å². The first-order valence-corrected chi connectivity index (χ1v) is 6.34. The third-order valence-electron chi connectivity index (χ3n) is 2.43. The summed E-state index contributed by atoms with van der Waals surface area (Å²) in [4.78, 5) is 12.9. The van der Waals surface area contributed by atoms with Crippen molar-refractivity contribution in [3.63, 3.8) is 0 Å². The summed E-state index contributed by atoms with van der Waals surface area (Å²) in [6.45, 7) is 1.84. The van der Waals surface area contributed by atoms with Crippen molar-refractivity contribution in [2.45, 2.75) is 6.92 Å². The van der Waals surface area contributed by atoms with E-state index in [2.05, 4.69) is 15.0 Å². The maximum Gasteiger partial charge on any atom is 0.150 e. The Balaban J connectivity index is 2.32. The van der Waals surface area contributed by atoms with Gasteiger partial charge in [0, 0.05) is 17.1 Å². The number of halogens is 1. The average molecular weight is 262 g/mol. The Kier molecular flexibility index (Phi) is 2.53. The molecule has 0 aliphatic carbocycles. The van der Waals surface area contributed by atoms with Gasteiger partial charge < -0.3 is 0 Å². The second kappa shape index (κ2) is 4.05. The summed E-state index contributed by atoms with van der Waals surface area (Å²) in [6, 6.07) is 5.82. The summed E-state index contributed by atoms with van der Waals surface area (Å²) in [5.41, 5.74) is 2.80. The molecule has 17 heavy (non-hydrogen) atoms. The predicted molar refractivity (Wildman–Crippen MR) is 70.4 cm³/mol. The third kappa shape index (κ3) is 1.79. The lowest BCUT2D eigenvalue weighted by atomic mass is 10.2. The van der Waals surface area contributed by atoms with Gasteiger partial charge in [-0.2, -0.15) is 0 Å². The largest absolute Gasteiger partial charge is 0.256 e. The molecule has 0 atom stereocenters. The van der Waals surface area contributed by atoms with Crippen molar-refractivity contribution in [3.05, 3.63) is 40.8 Å². The summed E-state index contributed by atoms with van der Waals surface area (Å²) in [6.07, 6.45) is 1.77. The minimum Gasteiger partial charge on any atom is -0.256 e. The SMILES string of the molecule is Cc1nc(Cl)c2scc(-c3ccccn3)c2n1. The van der Waals surface area contributed by atoms with Crippen LogP contribution in [0.25, 0.3) is 21.5 Å². The van der Waals surface area contributed by atoms with E-state index in [4.69, 9.17) is 11.6 Å². The highest BCUT2D eigenvalue weighted by Gasteiger charge is 2.12. The molecule has 0 bridgehead atoms. The van der Waals surface area contributed by atoms with Crippen LogP contribution >= 0.6 is 22.9 Å². The Morgan fingerprint density at radius 3 is 2.88 bits per heavy atom. The lowest BCUT2D eigenvalue weighted by molar-refractivity contribution is 1.10. The summed E-state index contributed by atoms with van der Waals surface area (Å²) in [7, 11) is 0. The van der Waals surface area contributed by atoms with Crippen LogP contribution in [0.15, 0.2) is 29.8 Å². The van der Waals surface area contributed by atoms with Crippen LogP contribution in [-0.4, -0.2) is 15.0 Å². The van der Waals surface area contributed by atoms with Gasteiger partial charge in [0.15, 0.2) is 5.15 Å². The molecule has 0 N–H and O–H groups in total. The van der Waals surface area contributed by atoms with Gasteiger partial charge in [-0.15, -0.1) is 11.3 Å². The maximum atomic E-state index is 6.10. The smallest absolute Gasteiger partial charge is 0.150 e. The van der Waals surface area contributed by atoms with E-state index >= 15 is 0 Å². The van der Waals surface area contributed by atoms with E-state index in [0.717, 1.165) is 21.5 Å². The van der Waals surface area contributed by atoms with Gasteiger partial charge in [-0.05, 0) is 19.1 Å². The van der Waals surface area contributed by atoms with Gasteiger partial charge >= 0.3 is 0 Å². The molecule has 3 heterocycles. The average Bonchev–Trinajstić information content (AvgIpc) is 2.74. The normalized spacial score (nSPS) is 10.9. The summed E-state index contributed by atoms with van der Waals surface area (Å²) >= 11 is 7.65. The maximum absolute atomic E-state index is 6.10. The van der Waals surface area contributed by atoms with Crippen LogP contribution in [0.5, 0.6) is 0 Å². The van der Waals surface area contributed by atoms with Crippen LogP contribution in [0, 0.1) is 6.92 Å². The number of hydrogen-bond donors (Lipinski definition) is 0. The molecule has 3 aromatic heterocycles. The van der Waals surface area contributed by atoms with E-state index in [9.17, 15) is 0 Å². The van der Waals surface area contributed by atoms with E-state index in [1.807, 2.05) is 30.5 Å². The number of fused-ring (bicyclic) bond motifs is 1. The van der Waals surface area contributed by atoms with Gasteiger partial charge in [0.1, 0.15) is 5.82 Å². The monoisotopic (exact) mass is 261 g/mol. The molecule has 5 heteroatoms. The lowest BCUT2D eigenvalue weighted by Crippen LogP contribution is -1.89. The van der Waals surface area contributed by atoms with Crippen molar-refractivity contribution in [2.24, 2.45) is 0 Å². The molecular formula is C12H8ClN3S. The number of aromatic nitrogens is 3. The van der Waals surface area contributed by atoms with Crippen molar-refractivity contribution < 1.29 is 0 Å². The summed E-state index contributed by atoms with van der Waals surface area (Å²) in [5, 5.41) is 2.53. The minimum atomic E-state index is 0.514. The fourth-order valence-electron chi connectivity index (χ4n) is 1.69. The number of nitrogens with zero attached hydrogens (tertiary/aromatic N) is 3. The fourth-order valence-corrected chi connectivity index (χ4v) is 2.92. The van der Waals surface area contributed by atoms with Crippen LogP contribution in [0.3, 0.4) is 0 Å². The zero-order valence-corrected chi connectivity index (χ0v) is 10.6. The number of pyridine rings is 1. The van der Waals surface area contributed by atoms with Crippen LogP contribution in [-0.2, 0) is 0 Å². The third-order valence-corrected chi connectivity index (χ3v) is 3.79. The Morgan fingerprint density at radius 1 is 1.24 bits per heavy atom. The first kappa shape index (κ1) is 10.6. The number of hydrogen-bond acceptors (Lipinski definition) is 4. The zero-order valence-electron chi connectivity index (χ0n) is 9.01. The van der Waals surface area contributed by atoms with Crippen molar-refractivity contribution in [3.8, 4) is 11.3 Å². The molecule has 0 aliphatic rings. The second-order valence-corrected chi connectivity index (χ2v) is 4.84. The van der Waals surface area contributed by atoms with Crippen molar-refractivity contribution in [2.75, 3.05) is 0 Å². The lowest BCUT2D eigenvalue weighted by Gasteiger charge is -1.99. The molecule has 0 unspecified atom stereocenters. The Morgan fingerprint density at radius 2 is 2.12 bits per heavy atom. The molecule has 3 nitrogen and oxygen atoms in total. The quantitative estimate of drug-likeness (QED) is 0.627. The summed E-state index contributed by atoms with van der Waals surface area (Å²) in [5.74, 6) is 0.679. The highest BCUT2D eigenvalue weighted by atomic mass is 35.5. The minimum absolute atomic E-state index is 0.514. The van der Waals surface area contributed by atoms with E-state index in [1.54, 1.807) is 17.5 Å². The molecule has 0 spiro atoms. The van der Waals surface area contributed by atoms with Gasteiger partial charge in [0.2, 0.25) is 0 Å². The van der Waals surface area contributed by atoms with Crippen molar-refractivity contribution in [1.82, 2.24) is 15.0 Å². The molecule has 0 saturated carbocycles. The number of rotatable bonds is 1.